The Bertz CT molecular complexity index is 1380. The van der Waals surface area contributed by atoms with E-state index in [1.807, 2.05) is 12.1 Å². The van der Waals surface area contributed by atoms with Crippen LogP contribution in [0.2, 0.25) is 0 Å². The number of fused-ring (bicyclic) bond motifs is 1. The number of halogens is 2. The van der Waals surface area contributed by atoms with E-state index in [-0.39, 0.29) is 17.2 Å². The number of nitrogens with zero attached hydrogens (tertiary/aromatic N) is 4. The molecule has 1 aliphatic rings. The van der Waals surface area contributed by atoms with E-state index in [4.69, 9.17) is 5.73 Å². The Morgan fingerprint density at radius 2 is 1.97 bits per heavy atom. The van der Waals surface area contributed by atoms with Crippen molar-refractivity contribution in [1.29, 1.82) is 0 Å². The van der Waals surface area contributed by atoms with Crippen molar-refractivity contribution in [2.45, 2.75) is 31.1 Å². The average molecular weight is 519 g/mol. The molecule has 0 radical (unpaired) electrons. The third-order valence-electron chi connectivity index (χ3n) is 5.93. The van der Waals surface area contributed by atoms with Crippen LogP contribution in [0.15, 0.2) is 56.6 Å². The van der Waals surface area contributed by atoms with Crippen LogP contribution in [0.4, 0.5) is 15.9 Å². The van der Waals surface area contributed by atoms with Crippen LogP contribution in [0.3, 0.4) is 0 Å². The van der Waals surface area contributed by atoms with Crippen LogP contribution in [-0.4, -0.2) is 37.6 Å². The Labute approximate surface area is 195 Å². The van der Waals surface area contributed by atoms with Gasteiger partial charge in [0.1, 0.15) is 27.5 Å². The van der Waals surface area contributed by atoms with E-state index >= 15 is 4.39 Å². The molecule has 1 unspecified atom stereocenters. The Balaban J connectivity index is 1.80. The molecule has 0 aliphatic carbocycles. The van der Waals surface area contributed by atoms with Crippen LogP contribution in [0.25, 0.3) is 10.9 Å². The van der Waals surface area contributed by atoms with Crippen LogP contribution >= 0.6 is 15.9 Å². The first-order chi connectivity index (χ1) is 15.0. The van der Waals surface area contributed by atoms with Gasteiger partial charge in [-0.25, -0.2) is 17.9 Å². The van der Waals surface area contributed by atoms with Crippen molar-refractivity contribution in [3.05, 3.63) is 58.6 Å². The number of hydrogen-bond acceptors (Lipinski definition) is 7. The van der Waals surface area contributed by atoms with Gasteiger partial charge in [0, 0.05) is 40.6 Å². The number of aromatic nitrogens is 2. The Morgan fingerprint density at radius 1 is 1.22 bits per heavy atom. The number of pyridine rings is 2. The molecule has 0 fully saturated rings. The number of rotatable bonds is 3. The van der Waals surface area contributed by atoms with Crippen molar-refractivity contribution in [3.8, 4) is 0 Å². The number of amidine groups is 1. The molecule has 168 valence electrons. The molecule has 0 bridgehead atoms. The van der Waals surface area contributed by atoms with Crippen LogP contribution in [-0.2, 0) is 15.3 Å². The van der Waals surface area contributed by atoms with E-state index < -0.39 is 25.8 Å². The zero-order chi connectivity index (χ0) is 23.3. The van der Waals surface area contributed by atoms with Gasteiger partial charge in [-0.3, -0.25) is 9.98 Å². The molecule has 2 aromatic heterocycles. The zero-order valence-electron chi connectivity index (χ0n) is 18.2. The second kappa shape index (κ2) is 7.77. The highest BCUT2D eigenvalue weighted by molar-refractivity contribution is 9.10. The molecule has 3 N–H and O–H groups in total. The molecule has 4 rings (SSSR count). The third-order valence-corrected chi connectivity index (χ3v) is 9.71. The van der Waals surface area contributed by atoms with Gasteiger partial charge >= 0.3 is 0 Å². The van der Waals surface area contributed by atoms with Gasteiger partial charge in [0.2, 0.25) is 0 Å². The molecule has 32 heavy (non-hydrogen) atoms. The summed E-state index contributed by atoms with van der Waals surface area (Å²) in [6, 6.07) is 8.43. The lowest BCUT2D eigenvalue weighted by Crippen LogP contribution is -2.54. The summed E-state index contributed by atoms with van der Waals surface area (Å²) in [7, 11) is -1.27. The van der Waals surface area contributed by atoms with Crippen molar-refractivity contribution in [2.24, 2.45) is 15.1 Å². The fraction of sp³-hybridized carbons (Fsp3) is 0.318. The number of nitrogens with two attached hydrogens (primary N) is 1. The lowest BCUT2D eigenvalue weighted by atomic mass is 9.92. The normalized spacial score (nSPS) is 24.8. The summed E-state index contributed by atoms with van der Waals surface area (Å²) in [6.07, 6.45) is 3.37. The van der Waals surface area contributed by atoms with Gasteiger partial charge in [-0.05, 0) is 67.0 Å². The summed E-state index contributed by atoms with van der Waals surface area (Å²) >= 11 is 3.42. The van der Waals surface area contributed by atoms with Crippen molar-refractivity contribution < 1.29 is 8.60 Å². The monoisotopic (exact) mass is 518 g/mol. The largest absolute Gasteiger partial charge is 0.386 e. The predicted octanol–water partition coefficient (Wildman–Crippen LogP) is 4.74. The highest BCUT2D eigenvalue weighted by Crippen LogP contribution is 2.40. The standard InChI is InChI=1S/C22H24BrFN6OS/c1-21(2)20(25)30-22(3,12-32(21,31)26-4)16-10-15(5-6-17(16)24)29-19-18-13(7-8-27-19)9-14(23)11-28-18/h5-11H,12H2,1-4H3,(H2,25,30)(H,27,29)/t22-,32?/m0/s1. The first kappa shape index (κ1) is 22.6. The highest BCUT2D eigenvalue weighted by atomic mass is 79.9. The summed E-state index contributed by atoms with van der Waals surface area (Å²) in [6.45, 7) is 5.25. The lowest BCUT2D eigenvalue weighted by molar-refractivity contribution is 0.491. The second-order valence-electron chi connectivity index (χ2n) is 8.45. The molecule has 0 saturated carbocycles. The highest BCUT2D eigenvalue weighted by Gasteiger charge is 2.47. The predicted molar refractivity (Wildman–Crippen MR) is 131 cm³/mol. The van der Waals surface area contributed by atoms with E-state index in [9.17, 15) is 4.21 Å². The van der Waals surface area contributed by atoms with Crippen molar-refractivity contribution >= 4 is 53.9 Å². The van der Waals surface area contributed by atoms with Gasteiger partial charge in [0.05, 0.1) is 15.5 Å². The minimum atomic E-state index is -2.78. The van der Waals surface area contributed by atoms with E-state index in [0.29, 0.717) is 17.0 Å². The summed E-state index contributed by atoms with van der Waals surface area (Å²) in [4.78, 5) is 13.4. The first-order valence-electron chi connectivity index (χ1n) is 9.95. The number of aliphatic imine (C=N–C) groups is 1. The van der Waals surface area contributed by atoms with E-state index in [1.165, 1.54) is 13.1 Å². The molecular weight excluding hydrogens is 495 g/mol. The fourth-order valence-corrected chi connectivity index (χ4v) is 6.52. The maximum absolute atomic E-state index is 15.0. The Kier molecular flexibility index (Phi) is 5.49. The molecule has 3 heterocycles. The summed E-state index contributed by atoms with van der Waals surface area (Å²) < 4.78 is 32.7. The maximum atomic E-state index is 15.0. The van der Waals surface area contributed by atoms with Crippen LogP contribution in [0, 0.1) is 5.82 Å². The SMILES string of the molecule is CN=S1(=O)C[C@@](C)(c2cc(Nc3nccc4cc(Br)cnc34)ccc2F)N=C(N)C1(C)C. The minimum Gasteiger partial charge on any atom is -0.386 e. The molecule has 1 aromatic carbocycles. The lowest BCUT2D eigenvalue weighted by Gasteiger charge is -2.40. The fourth-order valence-electron chi connectivity index (χ4n) is 3.87. The smallest absolute Gasteiger partial charge is 0.156 e. The first-order valence-corrected chi connectivity index (χ1v) is 12.4. The molecule has 7 nitrogen and oxygen atoms in total. The summed E-state index contributed by atoms with van der Waals surface area (Å²) in [5, 5.41) is 4.13. The Morgan fingerprint density at radius 3 is 2.69 bits per heavy atom. The van der Waals surface area contributed by atoms with Gasteiger partial charge in [-0.2, -0.15) is 0 Å². The van der Waals surface area contributed by atoms with Gasteiger partial charge < -0.3 is 11.1 Å². The number of anilines is 2. The van der Waals surface area contributed by atoms with Crippen molar-refractivity contribution in [1.82, 2.24) is 9.97 Å². The molecule has 1 aliphatic heterocycles. The van der Waals surface area contributed by atoms with Gasteiger partial charge in [-0.1, -0.05) is 0 Å². The van der Waals surface area contributed by atoms with Crippen LogP contribution in [0.5, 0.6) is 0 Å². The topological polar surface area (TPSA) is 106 Å². The number of nitrogens with one attached hydrogen (secondary N) is 1. The quantitative estimate of drug-likeness (QED) is 0.520. The number of benzene rings is 1. The molecule has 2 atom stereocenters. The van der Waals surface area contributed by atoms with Crippen LogP contribution < -0.4 is 11.1 Å². The molecular formula is C22H24BrFN6OS. The Hall–Kier alpha value is -2.59. The third kappa shape index (κ3) is 3.65. The number of hydrogen-bond donors (Lipinski definition) is 2. The van der Waals surface area contributed by atoms with E-state index in [0.717, 1.165) is 9.86 Å². The molecule has 0 amide bonds. The average Bonchev–Trinajstić information content (AvgIpc) is 2.73. The molecule has 0 spiro atoms. The van der Waals surface area contributed by atoms with Gasteiger partial charge in [0.15, 0.2) is 5.82 Å². The molecule has 10 heteroatoms. The maximum Gasteiger partial charge on any atom is 0.156 e. The van der Waals surface area contributed by atoms with Crippen molar-refractivity contribution in [2.75, 3.05) is 18.1 Å². The van der Waals surface area contributed by atoms with Gasteiger partial charge in [-0.15, -0.1) is 0 Å². The van der Waals surface area contributed by atoms with E-state index in [2.05, 4.69) is 40.6 Å². The zero-order valence-corrected chi connectivity index (χ0v) is 20.6. The van der Waals surface area contributed by atoms with Crippen LogP contribution in [0.1, 0.15) is 26.3 Å². The van der Waals surface area contributed by atoms with Crippen molar-refractivity contribution in [3.63, 3.8) is 0 Å². The summed E-state index contributed by atoms with van der Waals surface area (Å²) in [5.41, 5.74) is 6.65. The van der Waals surface area contributed by atoms with E-state index in [1.54, 1.807) is 45.3 Å². The second-order valence-corrected chi connectivity index (χ2v) is 12.3. The molecule has 3 aromatic rings. The summed E-state index contributed by atoms with van der Waals surface area (Å²) in [5.74, 6) is 0.343. The molecule has 0 saturated heterocycles. The minimum absolute atomic E-state index is 0.0622. The van der Waals surface area contributed by atoms with Gasteiger partial charge in [0.25, 0.3) is 0 Å².